The number of anilines is 1. The molecule has 3 saturated heterocycles. The van der Waals surface area contributed by atoms with E-state index in [1.54, 1.807) is 12.1 Å². The number of nitrogens with zero attached hydrogens (tertiary/aromatic N) is 4. The number of hydrogen-bond donors (Lipinski definition) is 0. The molecule has 4 nitrogen and oxygen atoms in total. The topological polar surface area (TPSA) is 24.3 Å². The van der Waals surface area contributed by atoms with Crippen LogP contribution in [0.5, 0.6) is 0 Å². The molecule has 0 radical (unpaired) electrons. The fourth-order valence-corrected chi connectivity index (χ4v) is 4.37. The molecule has 3 aromatic rings. The van der Waals surface area contributed by atoms with Crippen LogP contribution in [0, 0.1) is 5.82 Å². The summed E-state index contributed by atoms with van der Waals surface area (Å²) in [6.45, 7) is 2.81. The van der Waals surface area contributed by atoms with Gasteiger partial charge in [-0.05, 0) is 36.2 Å². The number of rotatable bonds is 3. The molecule has 0 amide bonds. The Bertz CT molecular complexity index is 922. The molecular formula is C20H21FN4. The zero-order valence-corrected chi connectivity index (χ0v) is 14.3. The summed E-state index contributed by atoms with van der Waals surface area (Å²) in [6.07, 6.45) is 1.23. The van der Waals surface area contributed by atoms with Crippen LogP contribution in [0.2, 0.25) is 0 Å². The van der Waals surface area contributed by atoms with Crippen molar-refractivity contribution in [1.82, 2.24) is 14.5 Å². The Morgan fingerprint density at radius 1 is 1.08 bits per heavy atom. The van der Waals surface area contributed by atoms with Gasteiger partial charge in [0.1, 0.15) is 5.82 Å². The summed E-state index contributed by atoms with van der Waals surface area (Å²) in [5.41, 5.74) is 3.29. The molecule has 1 aromatic heterocycles. The minimum atomic E-state index is -0.149. The molecule has 3 aliphatic heterocycles. The molecule has 3 fully saturated rings. The lowest BCUT2D eigenvalue weighted by Gasteiger charge is -2.56. The lowest BCUT2D eigenvalue weighted by Crippen LogP contribution is -2.68. The van der Waals surface area contributed by atoms with Crippen LogP contribution >= 0.6 is 0 Å². The van der Waals surface area contributed by atoms with Crippen LogP contribution in [-0.2, 0) is 13.6 Å². The highest BCUT2D eigenvalue weighted by Crippen LogP contribution is 2.36. The van der Waals surface area contributed by atoms with E-state index in [4.69, 9.17) is 4.98 Å². The summed E-state index contributed by atoms with van der Waals surface area (Å²) in [4.78, 5) is 9.74. The summed E-state index contributed by atoms with van der Waals surface area (Å²) in [6, 6.07) is 16.3. The molecule has 3 aliphatic rings. The van der Waals surface area contributed by atoms with Gasteiger partial charge in [-0.2, -0.15) is 0 Å². The summed E-state index contributed by atoms with van der Waals surface area (Å²) < 4.78 is 15.6. The fraction of sp³-hybridized carbons (Fsp3) is 0.350. The number of aromatic nitrogens is 2. The second kappa shape index (κ2) is 5.56. The van der Waals surface area contributed by atoms with E-state index in [0.717, 1.165) is 36.7 Å². The number of halogens is 1. The van der Waals surface area contributed by atoms with Gasteiger partial charge < -0.3 is 9.47 Å². The third kappa shape index (κ3) is 2.42. The number of aryl methyl sites for hydroxylation is 1. The van der Waals surface area contributed by atoms with Gasteiger partial charge in [0.05, 0.1) is 11.0 Å². The molecule has 25 heavy (non-hydrogen) atoms. The summed E-state index contributed by atoms with van der Waals surface area (Å²) >= 11 is 0. The second-order valence-electron chi connectivity index (χ2n) is 7.21. The lowest BCUT2D eigenvalue weighted by molar-refractivity contribution is -0.00913. The number of imidazole rings is 1. The van der Waals surface area contributed by atoms with Gasteiger partial charge in [0.2, 0.25) is 5.95 Å². The van der Waals surface area contributed by atoms with E-state index in [1.807, 2.05) is 12.1 Å². The molecule has 0 saturated carbocycles. The van der Waals surface area contributed by atoms with E-state index in [2.05, 4.69) is 39.6 Å². The zero-order chi connectivity index (χ0) is 17.0. The van der Waals surface area contributed by atoms with Crippen LogP contribution in [0.4, 0.5) is 10.3 Å². The molecule has 0 aliphatic carbocycles. The van der Waals surface area contributed by atoms with Crippen molar-refractivity contribution in [3.63, 3.8) is 0 Å². The highest BCUT2D eigenvalue weighted by Gasteiger charge is 2.45. The monoisotopic (exact) mass is 336 g/mol. The lowest BCUT2D eigenvalue weighted by atomic mass is 9.87. The molecule has 4 heterocycles. The van der Waals surface area contributed by atoms with Gasteiger partial charge >= 0.3 is 0 Å². The third-order valence-corrected chi connectivity index (χ3v) is 5.65. The maximum atomic E-state index is 13.4. The van der Waals surface area contributed by atoms with Crippen LogP contribution in [0.25, 0.3) is 11.0 Å². The van der Waals surface area contributed by atoms with Crippen LogP contribution in [-0.4, -0.2) is 39.6 Å². The molecule has 0 N–H and O–H groups in total. The van der Waals surface area contributed by atoms with E-state index >= 15 is 0 Å². The summed E-state index contributed by atoms with van der Waals surface area (Å²) in [7, 11) is 2.09. The normalized spacial score (nSPS) is 23.0. The number of benzene rings is 2. The predicted molar refractivity (Wildman–Crippen MR) is 97.1 cm³/mol. The number of hydrogen-bond acceptors (Lipinski definition) is 3. The van der Waals surface area contributed by atoms with Crippen LogP contribution in [0.1, 0.15) is 12.0 Å². The van der Waals surface area contributed by atoms with Gasteiger partial charge in [-0.3, -0.25) is 4.90 Å². The van der Waals surface area contributed by atoms with Gasteiger partial charge in [-0.1, -0.05) is 24.3 Å². The summed E-state index contributed by atoms with van der Waals surface area (Å²) in [5, 5.41) is 0. The van der Waals surface area contributed by atoms with Gasteiger partial charge in [0.25, 0.3) is 0 Å². The maximum Gasteiger partial charge on any atom is 0.206 e. The molecule has 2 atom stereocenters. The predicted octanol–water partition coefficient (Wildman–Crippen LogP) is 3.18. The first-order valence-electron chi connectivity index (χ1n) is 8.85. The smallest absolute Gasteiger partial charge is 0.206 e. The molecular weight excluding hydrogens is 315 g/mol. The Morgan fingerprint density at radius 2 is 1.88 bits per heavy atom. The van der Waals surface area contributed by atoms with Crippen molar-refractivity contribution in [3.8, 4) is 0 Å². The maximum absolute atomic E-state index is 13.4. The van der Waals surface area contributed by atoms with Crippen molar-refractivity contribution in [1.29, 1.82) is 0 Å². The molecule has 0 spiro atoms. The number of piperazine rings is 1. The number of para-hydroxylation sites is 2. The second-order valence-corrected chi connectivity index (χ2v) is 7.21. The molecule has 2 unspecified atom stereocenters. The zero-order valence-electron chi connectivity index (χ0n) is 14.3. The highest BCUT2D eigenvalue weighted by atomic mass is 19.1. The molecule has 5 heteroatoms. The first-order chi connectivity index (χ1) is 12.2. The van der Waals surface area contributed by atoms with Crippen molar-refractivity contribution in [2.75, 3.05) is 18.0 Å². The van der Waals surface area contributed by atoms with Crippen LogP contribution < -0.4 is 4.90 Å². The van der Waals surface area contributed by atoms with E-state index < -0.39 is 0 Å². The molecule has 2 bridgehead atoms. The highest BCUT2D eigenvalue weighted by molar-refractivity contribution is 5.78. The Morgan fingerprint density at radius 3 is 2.64 bits per heavy atom. The van der Waals surface area contributed by atoms with Gasteiger partial charge in [0, 0.05) is 38.8 Å². The number of fused-ring (bicyclic) bond motifs is 3. The largest absolute Gasteiger partial charge is 0.339 e. The van der Waals surface area contributed by atoms with Crippen molar-refractivity contribution < 1.29 is 4.39 Å². The Labute approximate surface area is 146 Å². The molecule has 2 aromatic carbocycles. The SMILES string of the molecule is Cn1c(N2CC3CC(C2)N3Cc2cccc(F)c2)nc2ccccc21. The fourth-order valence-electron chi connectivity index (χ4n) is 4.37. The minimum absolute atomic E-state index is 0.149. The Hall–Kier alpha value is -2.40. The van der Waals surface area contributed by atoms with E-state index in [-0.39, 0.29) is 5.82 Å². The van der Waals surface area contributed by atoms with E-state index in [9.17, 15) is 4.39 Å². The minimum Gasteiger partial charge on any atom is -0.339 e. The van der Waals surface area contributed by atoms with Crippen molar-refractivity contribution in [2.24, 2.45) is 7.05 Å². The van der Waals surface area contributed by atoms with E-state index in [0.29, 0.717) is 12.1 Å². The Kier molecular flexibility index (Phi) is 3.31. The van der Waals surface area contributed by atoms with Crippen LogP contribution in [0.3, 0.4) is 0 Å². The van der Waals surface area contributed by atoms with Gasteiger partial charge in [-0.25, -0.2) is 9.37 Å². The quantitative estimate of drug-likeness (QED) is 0.734. The molecule has 128 valence electrons. The van der Waals surface area contributed by atoms with Gasteiger partial charge in [-0.15, -0.1) is 0 Å². The van der Waals surface area contributed by atoms with Crippen molar-refractivity contribution >= 4 is 17.0 Å². The van der Waals surface area contributed by atoms with Crippen molar-refractivity contribution in [3.05, 3.63) is 59.9 Å². The average Bonchev–Trinajstić information content (AvgIpc) is 2.97. The first kappa shape index (κ1) is 14.9. The third-order valence-electron chi connectivity index (χ3n) is 5.65. The average molecular weight is 336 g/mol. The number of piperidine rings is 1. The van der Waals surface area contributed by atoms with Crippen LogP contribution in [0.15, 0.2) is 48.5 Å². The standard InChI is InChI=1S/C20H21FN4/c1-23-19-8-3-2-7-18(19)22-20(23)24-12-16-10-17(13-24)25(16)11-14-5-4-6-15(21)9-14/h2-9,16-17H,10-13H2,1H3. The first-order valence-corrected chi connectivity index (χ1v) is 8.85. The Balaban J connectivity index is 1.35. The van der Waals surface area contributed by atoms with E-state index in [1.165, 1.54) is 18.0 Å². The summed E-state index contributed by atoms with van der Waals surface area (Å²) in [5.74, 6) is 0.908. The molecule has 6 rings (SSSR count). The van der Waals surface area contributed by atoms with Gasteiger partial charge in [0.15, 0.2) is 0 Å². The van der Waals surface area contributed by atoms with Crippen molar-refractivity contribution in [2.45, 2.75) is 25.0 Å².